The predicted molar refractivity (Wildman–Crippen MR) is 114 cm³/mol. The number of carbonyl (C=O) groups is 1. The molecule has 0 saturated heterocycles. The molecule has 1 amide bonds. The van der Waals surface area contributed by atoms with Crippen LogP contribution in [0.15, 0.2) is 36.5 Å². The van der Waals surface area contributed by atoms with Crippen molar-refractivity contribution in [3.63, 3.8) is 0 Å². The fraction of sp³-hybridized carbons (Fsp3) is 0.0952. The van der Waals surface area contributed by atoms with Crippen LogP contribution in [0.5, 0.6) is 0 Å². The molecule has 4 aromatic rings. The summed E-state index contributed by atoms with van der Waals surface area (Å²) in [5, 5.41) is 13.4. The molecule has 0 aliphatic rings. The van der Waals surface area contributed by atoms with Crippen molar-refractivity contribution in [2.24, 2.45) is 5.73 Å². The third-order valence-corrected chi connectivity index (χ3v) is 5.09. The van der Waals surface area contributed by atoms with Gasteiger partial charge in [0.05, 0.1) is 41.0 Å². The number of nitriles is 1. The molecule has 0 atom stereocenters. The number of alkyl halides is 3. The van der Waals surface area contributed by atoms with Gasteiger partial charge in [0.1, 0.15) is 5.82 Å². The SMILES string of the molecule is N#Cc1cc(C(N)=O)cc(-c2nc(N)nc3c2cnn3Cc2cc(Cl)cc(C(F)(F)F)c2F)c1. The summed E-state index contributed by atoms with van der Waals surface area (Å²) in [7, 11) is 0. The van der Waals surface area contributed by atoms with Crippen LogP contribution >= 0.6 is 11.6 Å². The van der Waals surface area contributed by atoms with Crippen LogP contribution in [-0.4, -0.2) is 25.7 Å². The number of benzene rings is 2. The first kappa shape index (κ1) is 22.9. The number of hydrogen-bond donors (Lipinski definition) is 2. The Hall–Kier alpha value is -4.24. The number of nitrogen functional groups attached to an aromatic ring is 1. The van der Waals surface area contributed by atoms with E-state index < -0.39 is 30.0 Å². The van der Waals surface area contributed by atoms with Gasteiger partial charge >= 0.3 is 6.18 Å². The van der Waals surface area contributed by atoms with Crippen molar-refractivity contribution in [1.82, 2.24) is 19.7 Å². The summed E-state index contributed by atoms with van der Waals surface area (Å²) >= 11 is 5.78. The number of primary amides is 1. The molecule has 0 spiro atoms. The van der Waals surface area contributed by atoms with Crippen molar-refractivity contribution in [3.8, 4) is 17.3 Å². The molecular weight excluding hydrogens is 478 g/mol. The summed E-state index contributed by atoms with van der Waals surface area (Å²) < 4.78 is 55.3. The van der Waals surface area contributed by atoms with E-state index in [1.54, 1.807) is 0 Å². The summed E-state index contributed by atoms with van der Waals surface area (Å²) in [6.45, 7) is -0.445. The Kier molecular flexibility index (Phi) is 5.58. The van der Waals surface area contributed by atoms with Crippen molar-refractivity contribution in [2.75, 3.05) is 5.73 Å². The average Bonchev–Trinajstić information content (AvgIpc) is 3.16. The van der Waals surface area contributed by atoms with Crippen LogP contribution < -0.4 is 11.5 Å². The molecule has 2 heterocycles. The van der Waals surface area contributed by atoms with Gasteiger partial charge in [-0.15, -0.1) is 0 Å². The van der Waals surface area contributed by atoms with Gasteiger partial charge in [-0.3, -0.25) is 4.79 Å². The molecular formula is C21H12ClF4N7O. The molecule has 2 aromatic heterocycles. The number of aromatic nitrogens is 4. The molecule has 4 rings (SSSR count). The number of hydrogen-bond acceptors (Lipinski definition) is 6. The zero-order chi connectivity index (χ0) is 24.8. The summed E-state index contributed by atoms with van der Waals surface area (Å²) in [6.07, 6.45) is -3.64. The van der Waals surface area contributed by atoms with Crippen LogP contribution in [0, 0.1) is 17.1 Å². The van der Waals surface area contributed by atoms with Crippen LogP contribution in [0.25, 0.3) is 22.3 Å². The first-order chi connectivity index (χ1) is 16.0. The summed E-state index contributed by atoms with van der Waals surface area (Å²) in [6, 6.07) is 7.61. The van der Waals surface area contributed by atoms with E-state index in [4.69, 9.17) is 23.1 Å². The van der Waals surface area contributed by atoms with E-state index in [0.717, 1.165) is 10.7 Å². The first-order valence-corrected chi connectivity index (χ1v) is 9.75. The van der Waals surface area contributed by atoms with Crippen molar-refractivity contribution in [3.05, 3.63) is 69.6 Å². The van der Waals surface area contributed by atoms with Crippen molar-refractivity contribution in [2.45, 2.75) is 12.7 Å². The number of halogens is 5. The minimum atomic E-state index is -4.94. The van der Waals surface area contributed by atoms with Crippen LogP contribution in [0.2, 0.25) is 5.02 Å². The Morgan fingerprint density at radius 1 is 1.18 bits per heavy atom. The second kappa shape index (κ2) is 8.27. The van der Waals surface area contributed by atoms with Crippen LogP contribution in [-0.2, 0) is 12.7 Å². The zero-order valence-corrected chi connectivity index (χ0v) is 17.6. The van der Waals surface area contributed by atoms with Crippen molar-refractivity contribution in [1.29, 1.82) is 5.26 Å². The Balaban J connectivity index is 1.87. The van der Waals surface area contributed by atoms with Crippen LogP contribution in [0.1, 0.15) is 27.0 Å². The minimum Gasteiger partial charge on any atom is -0.368 e. The molecule has 0 radical (unpaired) electrons. The topological polar surface area (TPSA) is 136 Å². The van der Waals surface area contributed by atoms with E-state index in [1.165, 1.54) is 24.4 Å². The highest BCUT2D eigenvalue weighted by Gasteiger charge is 2.35. The van der Waals surface area contributed by atoms with Crippen molar-refractivity contribution < 1.29 is 22.4 Å². The fourth-order valence-electron chi connectivity index (χ4n) is 3.41. The van der Waals surface area contributed by atoms with E-state index in [-0.39, 0.29) is 44.4 Å². The molecule has 0 aliphatic carbocycles. The smallest absolute Gasteiger partial charge is 0.368 e. The number of fused-ring (bicyclic) bond motifs is 1. The molecule has 0 aliphatic heterocycles. The van der Waals surface area contributed by atoms with Gasteiger partial charge in [-0.2, -0.15) is 28.5 Å². The van der Waals surface area contributed by atoms with Gasteiger partial charge in [-0.25, -0.2) is 14.1 Å². The molecule has 0 fully saturated rings. The molecule has 0 saturated carbocycles. The van der Waals surface area contributed by atoms with Gasteiger partial charge in [0, 0.05) is 21.7 Å². The summed E-state index contributed by atoms with van der Waals surface area (Å²) in [5.41, 5.74) is 10.0. The maximum Gasteiger partial charge on any atom is 0.419 e. The van der Waals surface area contributed by atoms with E-state index in [0.29, 0.717) is 11.6 Å². The number of nitrogens with zero attached hydrogens (tertiary/aromatic N) is 5. The zero-order valence-electron chi connectivity index (χ0n) is 16.9. The lowest BCUT2D eigenvalue weighted by Crippen LogP contribution is -2.13. The monoisotopic (exact) mass is 489 g/mol. The normalized spacial score (nSPS) is 11.5. The van der Waals surface area contributed by atoms with Gasteiger partial charge in [-0.05, 0) is 30.3 Å². The van der Waals surface area contributed by atoms with Gasteiger partial charge in [-0.1, -0.05) is 11.6 Å². The molecule has 0 unspecified atom stereocenters. The summed E-state index contributed by atoms with van der Waals surface area (Å²) in [4.78, 5) is 19.9. The quantitative estimate of drug-likeness (QED) is 0.417. The van der Waals surface area contributed by atoms with E-state index in [1.807, 2.05) is 6.07 Å². The Morgan fingerprint density at radius 2 is 1.91 bits per heavy atom. The Morgan fingerprint density at radius 3 is 2.56 bits per heavy atom. The maximum absolute atomic E-state index is 14.6. The predicted octanol–water partition coefficient (Wildman–Crippen LogP) is 3.91. The fourth-order valence-corrected chi connectivity index (χ4v) is 3.65. The molecule has 4 N–H and O–H groups in total. The molecule has 13 heteroatoms. The highest BCUT2D eigenvalue weighted by atomic mass is 35.5. The minimum absolute atomic E-state index is 0.0486. The van der Waals surface area contributed by atoms with Gasteiger partial charge in [0.25, 0.3) is 0 Å². The third kappa shape index (κ3) is 4.20. The first-order valence-electron chi connectivity index (χ1n) is 9.37. The Labute approximate surface area is 193 Å². The lowest BCUT2D eigenvalue weighted by Gasteiger charge is -2.13. The van der Waals surface area contributed by atoms with Gasteiger partial charge in [0.2, 0.25) is 11.9 Å². The number of amides is 1. The molecule has 172 valence electrons. The number of rotatable bonds is 4. The number of carbonyl (C=O) groups excluding carboxylic acids is 1. The highest BCUT2D eigenvalue weighted by molar-refractivity contribution is 6.30. The molecule has 2 aromatic carbocycles. The highest BCUT2D eigenvalue weighted by Crippen LogP contribution is 2.35. The van der Waals surface area contributed by atoms with Gasteiger partial charge < -0.3 is 11.5 Å². The molecule has 34 heavy (non-hydrogen) atoms. The van der Waals surface area contributed by atoms with E-state index in [9.17, 15) is 27.6 Å². The number of nitrogens with two attached hydrogens (primary N) is 2. The Bertz CT molecular complexity index is 1510. The maximum atomic E-state index is 14.6. The summed E-state index contributed by atoms with van der Waals surface area (Å²) in [5.74, 6) is -2.49. The largest absolute Gasteiger partial charge is 0.419 e. The van der Waals surface area contributed by atoms with Gasteiger partial charge in [0.15, 0.2) is 5.65 Å². The third-order valence-electron chi connectivity index (χ3n) is 4.87. The van der Waals surface area contributed by atoms with E-state index >= 15 is 0 Å². The van der Waals surface area contributed by atoms with Crippen molar-refractivity contribution >= 4 is 34.5 Å². The van der Waals surface area contributed by atoms with Crippen LogP contribution in [0.3, 0.4) is 0 Å². The second-order valence-electron chi connectivity index (χ2n) is 7.17. The molecule has 8 nitrogen and oxygen atoms in total. The lowest BCUT2D eigenvalue weighted by atomic mass is 10.0. The van der Waals surface area contributed by atoms with Crippen LogP contribution in [0.4, 0.5) is 23.5 Å². The second-order valence-corrected chi connectivity index (χ2v) is 7.61. The standard InChI is InChI=1S/C21H12ClF4N7O/c22-13-4-12(16(23)15(5-13)21(24,25)26)8-33-19-14(7-30-33)17(31-20(29)32-19)10-1-9(6-27)2-11(3-10)18(28)34/h1-5,7H,8H2,(H2,28,34)(H2,29,31,32). The molecule has 0 bridgehead atoms. The van der Waals surface area contributed by atoms with E-state index in [2.05, 4.69) is 15.1 Å². The average molecular weight is 490 g/mol. The number of anilines is 1. The lowest BCUT2D eigenvalue weighted by molar-refractivity contribution is -0.140.